The quantitative estimate of drug-likeness (QED) is 0.484. The number of amides is 2. The van der Waals surface area contributed by atoms with Gasteiger partial charge >= 0.3 is 0 Å². The fourth-order valence-corrected chi connectivity index (χ4v) is 5.00. The van der Waals surface area contributed by atoms with Crippen LogP contribution in [0.1, 0.15) is 50.5 Å². The molecule has 2 aromatic heterocycles. The van der Waals surface area contributed by atoms with Crippen LogP contribution in [0.3, 0.4) is 0 Å². The van der Waals surface area contributed by atoms with Crippen LogP contribution in [-0.4, -0.2) is 16.8 Å². The second-order valence-electron chi connectivity index (χ2n) is 5.78. The van der Waals surface area contributed by atoms with E-state index in [1.165, 1.54) is 11.3 Å². The lowest BCUT2D eigenvalue weighted by molar-refractivity contribution is 0.100. The Kier molecular flexibility index (Phi) is 5.99. The number of hydrogen-bond donors (Lipinski definition) is 2. The fourth-order valence-electron chi connectivity index (χ4n) is 2.89. The number of halogens is 4. The summed E-state index contributed by atoms with van der Waals surface area (Å²) in [5.74, 6) is -1.22. The lowest BCUT2D eigenvalue weighted by atomic mass is 10.1. The summed E-state index contributed by atoms with van der Waals surface area (Å²) in [5, 5.41) is 2.71. The number of thiophene rings is 1. The molecule has 3 N–H and O–H groups in total. The van der Waals surface area contributed by atoms with E-state index in [4.69, 9.17) is 52.1 Å². The number of aryl methyl sites for hydroxylation is 1. The van der Waals surface area contributed by atoms with Gasteiger partial charge in [-0.1, -0.05) is 52.8 Å². The molecule has 0 bridgehead atoms. The van der Waals surface area contributed by atoms with E-state index in [0.29, 0.717) is 10.6 Å². The van der Waals surface area contributed by atoms with Gasteiger partial charge in [-0.05, 0) is 31.2 Å². The number of aromatic nitrogens is 1. The van der Waals surface area contributed by atoms with Crippen molar-refractivity contribution in [3.63, 3.8) is 0 Å². The summed E-state index contributed by atoms with van der Waals surface area (Å²) in [6.45, 7) is 0. The average Bonchev–Trinajstić information content (AvgIpc) is 2.77. The van der Waals surface area contributed by atoms with Crippen LogP contribution >= 0.6 is 57.7 Å². The molecule has 0 saturated heterocycles. The van der Waals surface area contributed by atoms with E-state index in [1.807, 2.05) is 0 Å². The molecule has 1 aliphatic rings. The van der Waals surface area contributed by atoms with Crippen LogP contribution in [0.15, 0.2) is 0 Å². The zero-order valence-corrected chi connectivity index (χ0v) is 17.1. The van der Waals surface area contributed by atoms with Crippen molar-refractivity contribution in [1.82, 2.24) is 4.98 Å². The SMILES string of the molecule is NC(=O)c1c(NC(=O)c2nc(Cl)c(Cl)c(Cl)c2Cl)sc2c1CCCCC2. The van der Waals surface area contributed by atoms with Gasteiger partial charge in [0, 0.05) is 4.88 Å². The first-order valence-corrected chi connectivity index (χ1v) is 10.1. The van der Waals surface area contributed by atoms with Gasteiger partial charge in [-0.25, -0.2) is 4.98 Å². The molecular weight excluding hydrogens is 440 g/mol. The molecule has 0 aliphatic heterocycles. The number of pyridine rings is 1. The molecule has 26 heavy (non-hydrogen) atoms. The van der Waals surface area contributed by atoms with Crippen LogP contribution in [0.5, 0.6) is 0 Å². The highest BCUT2D eigenvalue weighted by atomic mass is 35.5. The number of anilines is 1. The Morgan fingerprint density at radius 2 is 1.69 bits per heavy atom. The Morgan fingerprint density at radius 3 is 2.38 bits per heavy atom. The van der Waals surface area contributed by atoms with E-state index < -0.39 is 11.8 Å². The Labute approximate surface area is 173 Å². The van der Waals surface area contributed by atoms with Crippen molar-refractivity contribution in [2.75, 3.05) is 5.32 Å². The Bertz CT molecular complexity index is 914. The first kappa shape index (κ1) is 19.7. The van der Waals surface area contributed by atoms with Gasteiger partial charge in [0.2, 0.25) is 0 Å². The average molecular weight is 453 g/mol. The summed E-state index contributed by atoms with van der Waals surface area (Å²) >= 11 is 25.1. The van der Waals surface area contributed by atoms with Gasteiger partial charge in [0.05, 0.1) is 20.6 Å². The number of nitrogens with two attached hydrogens (primary N) is 1. The summed E-state index contributed by atoms with van der Waals surface area (Å²) in [6.07, 6.45) is 4.73. The van der Waals surface area contributed by atoms with Gasteiger partial charge in [0.1, 0.15) is 10.2 Å². The van der Waals surface area contributed by atoms with E-state index >= 15 is 0 Å². The van der Waals surface area contributed by atoms with Crippen LogP contribution in [0.25, 0.3) is 0 Å². The van der Waals surface area contributed by atoms with Crippen molar-refractivity contribution in [3.05, 3.63) is 41.9 Å². The lowest BCUT2D eigenvalue weighted by Crippen LogP contribution is -2.19. The molecule has 0 radical (unpaired) electrons. The summed E-state index contributed by atoms with van der Waals surface area (Å²) in [4.78, 5) is 29.6. The van der Waals surface area contributed by atoms with E-state index in [0.717, 1.165) is 42.5 Å². The van der Waals surface area contributed by atoms with E-state index in [9.17, 15) is 9.59 Å². The smallest absolute Gasteiger partial charge is 0.276 e. The van der Waals surface area contributed by atoms with Crippen molar-refractivity contribution >= 4 is 74.6 Å². The molecule has 0 spiro atoms. The summed E-state index contributed by atoms with van der Waals surface area (Å²) in [7, 11) is 0. The number of nitrogens with zero attached hydrogens (tertiary/aromatic N) is 1. The normalized spacial score (nSPS) is 13.8. The third-order valence-corrected chi connectivity index (χ3v) is 6.98. The predicted octanol–water partition coefficient (Wildman–Crippen LogP) is 5.38. The minimum Gasteiger partial charge on any atom is -0.365 e. The molecule has 0 saturated carbocycles. The zero-order valence-electron chi connectivity index (χ0n) is 13.3. The van der Waals surface area contributed by atoms with Crippen molar-refractivity contribution in [2.45, 2.75) is 32.1 Å². The second-order valence-corrected chi connectivity index (χ2v) is 8.38. The molecular formula is C16H13Cl4N3O2S. The molecule has 10 heteroatoms. The van der Waals surface area contributed by atoms with Crippen LogP contribution in [0, 0.1) is 0 Å². The van der Waals surface area contributed by atoms with Gasteiger partial charge in [-0.3, -0.25) is 9.59 Å². The minimum atomic E-state index is -0.644. The highest BCUT2D eigenvalue weighted by Gasteiger charge is 2.26. The molecule has 138 valence electrons. The zero-order chi connectivity index (χ0) is 19.0. The van der Waals surface area contributed by atoms with Crippen LogP contribution in [-0.2, 0) is 12.8 Å². The number of fused-ring (bicyclic) bond motifs is 1. The summed E-state index contributed by atoms with van der Waals surface area (Å²) in [6, 6.07) is 0. The lowest BCUT2D eigenvalue weighted by Gasteiger charge is -2.09. The monoisotopic (exact) mass is 451 g/mol. The molecule has 5 nitrogen and oxygen atoms in total. The van der Waals surface area contributed by atoms with Gasteiger partial charge in [0.25, 0.3) is 11.8 Å². The summed E-state index contributed by atoms with van der Waals surface area (Å²) < 4.78 is 0. The maximum absolute atomic E-state index is 12.6. The van der Waals surface area contributed by atoms with Gasteiger partial charge in [-0.15, -0.1) is 11.3 Å². The predicted molar refractivity (Wildman–Crippen MR) is 106 cm³/mol. The van der Waals surface area contributed by atoms with E-state index in [1.54, 1.807) is 0 Å². The van der Waals surface area contributed by atoms with Gasteiger partial charge in [-0.2, -0.15) is 0 Å². The minimum absolute atomic E-state index is 0.0319. The van der Waals surface area contributed by atoms with Gasteiger partial charge < -0.3 is 11.1 Å². The highest BCUT2D eigenvalue weighted by molar-refractivity contribution is 7.17. The Balaban J connectivity index is 1.99. The highest BCUT2D eigenvalue weighted by Crippen LogP contribution is 2.39. The molecule has 2 amide bonds. The third kappa shape index (κ3) is 3.66. The van der Waals surface area contributed by atoms with Crippen molar-refractivity contribution in [2.24, 2.45) is 5.73 Å². The molecule has 0 fully saturated rings. The summed E-state index contributed by atoms with van der Waals surface area (Å²) in [5.41, 5.74) is 6.65. The second kappa shape index (κ2) is 7.90. The largest absolute Gasteiger partial charge is 0.365 e. The number of carbonyl (C=O) groups is 2. The standard InChI is InChI=1S/C16H13Cl4N3O2S/c17-9-10(18)12(22-13(20)11(9)19)15(25)23-16-8(14(21)24)6-4-2-1-3-5-7(6)26-16/h1-5H2,(H2,21,24)(H,23,25). The molecule has 0 unspecified atom stereocenters. The maximum Gasteiger partial charge on any atom is 0.276 e. The van der Waals surface area contributed by atoms with Crippen LogP contribution in [0.4, 0.5) is 5.00 Å². The molecule has 2 aromatic rings. The first-order chi connectivity index (χ1) is 12.3. The number of primary amides is 1. The fraction of sp³-hybridized carbons (Fsp3) is 0.312. The maximum atomic E-state index is 12.6. The van der Waals surface area contributed by atoms with E-state index in [-0.39, 0.29) is 25.9 Å². The molecule has 0 atom stereocenters. The van der Waals surface area contributed by atoms with Crippen molar-refractivity contribution < 1.29 is 9.59 Å². The van der Waals surface area contributed by atoms with E-state index in [2.05, 4.69) is 10.3 Å². The molecule has 3 rings (SSSR count). The number of hydrogen-bond acceptors (Lipinski definition) is 4. The molecule has 0 aromatic carbocycles. The van der Waals surface area contributed by atoms with Crippen LogP contribution < -0.4 is 11.1 Å². The number of nitrogens with one attached hydrogen (secondary N) is 1. The molecule has 2 heterocycles. The van der Waals surface area contributed by atoms with Gasteiger partial charge in [0.15, 0.2) is 5.69 Å². The van der Waals surface area contributed by atoms with Crippen molar-refractivity contribution in [1.29, 1.82) is 0 Å². The van der Waals surface area contributed by atoms with Crippen LogP contribution in [0.2, 0.25) is 20.2 Å². The topological polar surface area (TPSA) is 85.1 Å². The molecule has 1 aliphatic carbocycles. The first-order valence-electron chi connectivity index (χ1n) is 7.77. The number of rotatable bonds is 3. The Morgan fingerprint density at radius 1 is 1.00 bits per heavy atom. The third-order valence-electron chi connectivity index (χ3n) is 4.09. The van der Waals surface area contributed by atoms with Crippen molar-refractivity contribution in [3.8, 4) is 0 Å². The Hall–Kier alpha value is -1.05. The number of carbonyl (C=O) groups excluding carboxylic acids is 2.